The molecule has 0 bridgehead atoms. The van der Waals surface area contributed by atoms with E-state index >= 15 is 0 Å². The molecule has 1 aliphatic heterocycles. The van der Waals surface area contributed by atoms with Crippen molar-refractivity contribution >= 4 is 11.7 Å². The van der Waals surface area contributed by atoms with Gasteiger partial charge in [0.2, 0.25) is 0 Å². The standard InChI is InChI=1S/C11H16N4O3/c1-13-9(2-3-10(13)15(17)18)11(16)14-6-4-8(12)5-7-14/h2-3,8H,4-7,12H2,1H3. The summed E-state index contributed by atoms with van der Waals surface area (Å²) in [4.78, 5) is 24.1. The fourth-order valence-electron chi connectivity index (χ4n) is 2.16. The highest BCUT2D eigenvalue weighted by Crippen LogP contribution is 2.18. The number of carbonyl (C=O) groups is 1. The van der Waals surface area contributed by atoms with E-state index in [2.05, 4.69) is 0 Å². The van der Waals surface area contributed by atoms with Crippen LogP contribution in [-0.2, 0) is 7.05 Å². The van der Waals surface area contributed by atoms with Crippen LogP contribution < -0.4 is 5.73 Å². The Hall–Kier alpha value is -1.89. The quantitative estimate of drug-likeness (QED) is 0.612. The van der Waals surface area contributed by atoms with E-state index in [9.17, 15) is 14.9 Å². The predicted molar refractivity (Wildman–Crippen MR) is 65.2 cm³/mol. The van der Waals surface area contributed by atoms with E-state index in [1.54, 1.807) is 4.90 Å². The molecule has 0 aromatic carbocycles. The van der Waals surface area contributed by atoms with Gasteiger partial charge in [-0.2, -0.15) is 0 Å². The molecule has 0 atom stereocenters. The monoisotopic (exact) mass is 252 g/mol. The van der Waals surface area contributed by atoms with Crippen LogP contribution in [0.2, 0.25) is 0 Å². The Morgan fingerprint density at radius 2 is 2.06 bits per heavy atom. The lowest BCUT2D eigenvalue weighted by molar-refractivity contribution is -0.391. The number of rotatable bonds is 2. The van der Waals surface area contributed by atoms with Crippen molar-refractivity contribution in [3.05, 3.63) is 27.9 Å². The average Bonchev–Trinajstić information content (AvgIpc) is 2.71. The first-order valence-corrected chi connectivity index (χ1v) is 5.85. The number of hydrogen-bond donors (Lipinski definition) is 1. The van der Waals surface area contributed by atoms with Gasteiger partial charge in [-0.25, -0.2) is 4.57 Å². The van der Waals surface area contributed by atoms with Crippen LogP contribution in [0.1, 0.15) is 23.3 Å². The Morgan fingerprint density at radius 1 is 1.44 bits per heavy atom. The van der Waals surface area contributed by atoms with Crippen LogP contribution in [0, 0.1) is 10.1 Å². The lowest BCUT2D eigenvalue weighted by Gasteiger charge is -2.29. The Labute approximate surface area is 104 Å². The maximum absolute atomic E-state index is 12.2. The first-order chi connectivity index (χ1) is 8.50. The molecule has 2 N–H and O–H groups in total. The SMILES string of the molecule is Cn1c(C(=O)N2CCC(N)CC2)ccc1[N+](=O)[O-]. The number of amides is 1. The molecular weight excluding hydrogens is 236 g/mol. The molecule has 0 spiro atoms. The van der Waals surface area contributed by atoms with E-state index in [0.29, 0.717) is 18.8 Å². The first kappa shape index (κ1) is 12.6. The summed E-state index contributed by atoms with van der Waals surface area (Å²) in [6.07, 6.45) is 1.55. The van der Waals surface area contributed by atoms with Crippen LogP contribution >= 0.6 is 0 Å². The van der Waals surface area contributed by atoms with Crippen molar-refractivity contribution in [1.29, 1.82) is 0 Å². The summed E-state index contributed by atoms with van der Waals surface area (Å²) < 4.78 is 1.32. The van der Waals surface area contributed by atoms with E-state index in [1.807, 2.05) is 0 Å². The van der Waals surface area contributed by atoms with Gasteiger partial charge in [0.1, 0.15) is 0 Å². The van der Waals surface area contributed by atoms with Crippen LogP contribution in [0.5, 0.6) is 0 Å². The average molecular weight is 252 g/mol. The summed E-state index contributed by atoms with van der Waals surface area (Å²) in [6, 6.07) is 2.99. The van der Waals surface area contributed by atoms with Crippen molar-refractivity contribution in [3.8, 4) is 0 Å². The molecular formula is C11H16N4O3. The molecule has 1 aromatic rings. The van der Waals surface area contributed by atoms with Gasteiger partial charge in [0, 0.05) is 25.2 Å². The first-order valence-electron chi connectivity index (χ1n) is 5.85. The van der Waals surface area contributed by atoms with Crippen molar-refractivity contribution in [2.75, 3.05) is 13.1 Å². The third kappa shape index (κ3) is 2.21. The predicted octanol–water partition coefficient (Wildman–Crippen LogP) is 0.497. The number of aromatic nitrogens is 1. The Balaban J connectivity index is 2.16. The van der Waals surface area contributed by atoms with Crippen molar-refractivity contribution in [2.45, 2.75) is 18.9 Å². The Morgan fingerprint density at radius 3 is 2.56 bits per heavy atom. The third-order valence-corrected chi connectivity index (χ3v) is 3.33. The number of nitrogens with two attached hydrogens (primary N) is 1. The second-order valence-electron chi connectivity index (χ2n) is 4.52. The number of carbonyl (C=O) groups excluding carboxylic acids is 1. The lowest BCUT2D eigenvalue weighted by atomic mass is 10.1. The smallest absolute Gasteiger partial charge is 0.323 e. The van der Waals surface area contributed by atoms with Gasteiger partial charge in [0.15, 0.2) is 5.69 Å². The third-order valence-electron chi connectivity index (χ3n) is 3.33. The zero-order valence-corrected chi connectivity index (χ0v) is 10.2. The van der Waals surface area contributed by atoms with Gasteiger partial charge in [0.05, 0.1) is 7.05 Å². The molecule has 0 aliphatic carbocycles. The van der Waals surface area contributed by atoms with Crippen LogP contribution in [-0.4, -0.2) is 39.4 Å². The summed E-state index contributed by atoms with van der Waals surface area (Å²) >= 11 is 0. The summed E-state index contributed by atoms with van der Waals surface area (Å²) in [7, 11) is 1.53. The molecule has 2 rings (SSSR count). The Kier molecular flexibility index (Phi) is 3.33. The fourth-order valence-corrected chi connectivity index (χ4v) is 2.16. The van der Waals surface area contributed by atoms with E-state index in [1.165, 1.54) is 23.7 Å². The van der Waals surface area contributed by atoms with Crippen LogP contribution in [0.15, 0.2) is 12.1 Å². The fraction of sp³-hybridized carbons (Fsp3) is 0.545. The van der Waals surface area contributed by atoms with Gasteiger partial charge in [-0.15, -0.1) is 0 Å². The highest BCUT2D eigenvalue weighted by Gasteiger charge is 2.27. The van der Waals surface area contributed by atoms with Crippen LogP contribution in [0.3, 0.4) is 0 Å². The Bertz CT molecular complexity index is 475. The molecule has 0 unspecified atom stereocenters. The van der Waals surface area contributed by atoms with Crippen molar-refractivity contribution in [2.24, 2.45) is 12.8 Å². The van der Waals surface area contributed by atoms with E-state index in [4.69, 9.17) is 5.73 Å². The number of piperidine rings is 1. The van der Waals surface area contributed by atoms with Gasteiger partial charge in [-0.05, 0) is 23.8 Å². The van der Waals surface area contributed by atoms with Gasteiger partial charge in [-0.3, -0.25) is 4.79 Å². The van der Waals surface area contributed by atoms with Gasteiger partial charge >= 0.3 is 5.82 Å². The molecule has 7 nitrogen and oxygen atoms in total. The maximum Gasteiger partial charge on any atom is 0.323 e. The number of nitrogens with zero attached hydrogens (tertiary/aromatic N) is 3. The summed E-state index contributed by atoms with van der Waals surface area (Å²) in [5, 5.41) is 10.7. The zero-order chi connectivity index (χ0) is 13.3. The molecule has 1 fully saturated rings. The number of hydrogen-bond acceptors (Lipinski definition) is 4. The topological polar surface area (TPSA) is 94.4 Å². The molecule has 0 radical (unpaired) electrons. The van der Waals surface area contributed by atoms with Gasteiger partial charge in [0.25, 0.3) is 5.91 Å². The highest BCUT2D eigenvalue weighted by atomic mass is 16.6. The highest BCUT2D eigenvalue weighted by molar-refractivity contribution is 5.93. The molecule has 18 heavy (non-hydrogen) atoms. The van der Waals surface area contributed by atoms with Crippen molar-refractivity contribution in [1.82, 2.24) is 9.47 Å². The number of likely N-dealkylation sites (tertiary alicyclic amines) is 1. The van der Waals surface area contributed by atoms with Gasteiger partial charge in [-0.1, -0.05) is 0 Å². The van der Waals surface area contributed by atoms with Gasteiger partial charge < -0.3 is 20.7 Å². The molecule has 1 saturated heterocycles. The normalized spacial score (nSPS) is 16.9. The largest absolute Gasteiger partial charge is 0.358 e. The summed E-state index contributed by atoms with van der Waals surface area (Å²) in [6.45, 7) is 1.22. The van der Waals surface area contributed by atoms with E-state index in [0.717, 1.165) is 12.8 Å². The van der Waals surface area contributed by atoms with Crippen LogP contribution in [0.25, 0.3) is 0 Å². The molecule has 1 aromatic heterocycles. The molecule has 98 valence electrons. The summed E-state index contributed by atoms with van der Waals surface area (Å²) in [5.41, 5.74) is 6.12. The van der Waals surface area contributed by atoms with E-state index in [-0.39, 0.29) is 17.8 Å². The zero-order valence-electron chi connectivity index (χ0n) is 10.2. The van der Waals surface area contributed by atoms with Crippen LogP contribution in [0.4, 0.5) is 5.82 Å². The second-order valence-corrected chi connectivity index (χ2v) is 4.52. The molecule has 1 amide bonds. The van der Waals surface area contributed by atoms with Crippen molar-refractivity contribution < 1.29 is 9.72 Å². The molecule has 1 aliphatic rings. The minimum absolute atomic E-state index is 0.0768. The van der Waals surface area contributed by atoms with E-state index < -0.39 is 4.92 Å². The minimum Gasteiger partial charge on any atom is -0.358 e. The lowest BCUT2D eigenvalue weighted by Crippen LogP contribution is -2.43. The molecule has 7 heteroatoms. The molecule has 2 heterocycles. The minimum atomic E-state index is -0.497. The van der Waals surface area contributed by atoms with Crippen molar-refractivity contribution in [3.63, 3.8) is 0 Å². The second kappa shape index (κ2) is 4.77. The molecule has 0 saturated carbocycles. The number of nitro groups is 1. The summed E-state index contributed by atoms with van der Waals surface area (Å²) in [5.74, 6) is -0.246. The maximum atomic E-state index is 12.2.